The highest BCUT2D eigenvalue weighted by Crippen LogP contribution is 2.20. The van der Waals surface area contributed by atoms with Gasteiger partial charge in [0.15, 0.2) is 0 Å². The van der Waals surface area contributed by atoms with Crippen molar-refractivity contribution in [2.45, 2.75) is 6.04 Å². The summed E-state index contributed by atoms with van der Waals surface area (Å²) < 4.78 is 4.99. The van der Waals surface area contributed by atoms with Crippen LogP contribution in [0.1, 0.15) is 11.7 Å². The van der Waals surface area contributed by atoms with E-state index in [-0.39, 0.29) is 0 Å². The zero-order chi connectivity index (χ0) is 7.68. The van der Waals surface area contributed by atoms with Crippen molar-refractivity contribution >= 4 is 0 Å². The number of nitrogens with zero attached hydrogens (tertiary/aromatic N) is 1. The Morgan fingerprint density at radius 3 is 3.09 bits per heavy atom. The molecule has 1 saturated heterocycles. The van der Waals surface area contributed by atoms with Crippen LogP contribution in [0, 0.1) is 0 Å². The van der Waals surface area contributed by atoms with Crippen molar-refractivity contribution < 1.29 is 4.74 Å². The Kier molecular flexibility index (Phi) is 1.51. The molecule has 0 saturated carbocycles. The fourth-order valence-corrected chi connectivity index (χ4v) is 1.01. The summed E-state index contributed by atoms with van der Waals surface area (Å²) in [7, 11) is 1.63. The molecule has 0 unspecified atom stereocenters. The third-order valence-electron chi connectivity index (χ3n) is 1.72. The van der Waals surface area contributed by atoms with Crippen LogP contribution in [0.5, 0.6) is 5.88 Å². The van der Waals surface area contributed by atoms with Crippen molar-refractivity contribution in [3.63, 3.8) is 0 Å². The van der Waals surface area contributed by atoms with E-state index < -0.39 is 0 Å². The molecule has 2 rings (SSSR count). The highest BCUT2D eigenvalue weighted by molar-refractivity contribution is 5.21. The SMILES string of the molecule is COc1cccc([C@H]2CN2)n1. The molecule has 1 aromatic heterocycles. The summed E-state index contributed by atoms with van der Waals surface area (Å²) in [5.74, 6) is 0.691. The summed E-state index contributed by atoms with van der Waals surface area (Å²) in [5, 5.41) is 3.18. The molecule has 0 radical (unpaired) electrons. The van der Waals surface area contributed by atoms with Gasteiger partial charge in [0, 0.05) is 12.6 Å². The first-order valence-corrected chi connectivity index (χ1v) is 3.64. The zero-order valence-electron chi connectivity index (χ0n) is 6.37. The average molecular weight is 150 g/mol. The third-order valence-corrected chi connectivity index (χ3v) is 1.72. The molecule has 3 heteroatoms. The largest absolute Gasteiger partial charge is 0.481 e. The number of hydrogen-bond donors (Lipinski definition) is 1. The van der Waals surface area contributed by atoms with Crippen LogP contribution in [0.3, 0.4) is 0 Å². The normalized spacial score (nSPS) is 21.4. The van der Waals surface area contributed by atoms with Crippen LogP contribution in [0.2, 0.25) is 0 Å². The monoisotopic (exact) mass is 150 g/mol. The van der Waals surface area contributed by atoms with E-state index in [0.717, 1.165) is 12.2 Å². The van der Waals surface area contributed by atoms with E-state index >= 15 is 0 Å². The second-order valence-electron chi connectivity index (χ2n) is 2.57. The number of hydrogen-bond acceptors (Lipinski definition) is 3. The Balaban J connectivity index is 2.26. The molecule has 1 fully saturated rings. The quantitative estimate of drug-likeness (QED) is 0.632. The summed E-state index contributed by atoms with van der Waals surface area (Å²) in [6.45, 7) is 1.04. The lowest BCUT2D eigenvalue weighted by molar-refractivity contribution is 0.396. The molecular formula is C8H10N2O. The topological polar surface area (TPSA) is 44.1 Å². The maximum atomic E-state index is 4.99. The van der Waals surface area contributed by atoms with Gasteiger partial charge in [-0.1, -0.05) is 6.07 Å². The fourth-order valence-electron chi connectivity index (χ4n) is 1.01. The van der Waals surface area contributed by atoms with E-state index in [1.54, 1.807) is 7.11 Å². The van der Waals surface area contributed by atoms with E-state index in [2.05, 4.69) is 10.3 Å². The van der Waals surface area contributed by atoms with E-state index in [0.29, 0.717) is 11.9 Å². The Hall–Kier alpha value is -1.09. The minimum atomic E-state index is 0.463. The van der Waals surface area contributed by atoms with Crippen molar-refractivity contribution in [2.24, 2.45) is 0 Å². The van der Waals surface area contributed by atoms with Crippen LogP contribution in [0.4, 0.5) is 0 Å². The Morgan fingerprint density at radius 2 is 2.45 bits per heavy atom. The molecule has 1 atom stereocenters. The van der Waals surface area contributed by atoms with Gasteiger partial charge in [0.2, 0.25) is 5.88 Å². The summed E-state index contributed by atoms with van der Waals surface area (Å²) in [4.78, 5) is 4.27. The summed E-state index contributed by atoms with van der Waals surface area (Å²) in [5.41, 5.74) is 1.07. The number of pyridine rings is 1. The lowest BCUT2D eigenvalue weighted by atomic mass is 10.3. The minimum Gasteiger partial charge on any atom is -0.481 e. The highest BCUT2D eigenvalue weighted by atomic mass is 16.5. The Bertz CT molecular complexity index is 258. The van der Waals surface area contributed by atoms with Crippen molar-refractivity contribution in [1.29, 1.82) is 0 Å². The van der Waals surface area contributed by atoms with Gasteiger partial charge in [0.1, 0.15) is 0 Å². The van der Waals surface area contributed by atoms with Gasteiger partial charge in [-0.3, -0.25) is 0 Å². The second-order valence-corrected chi connectivity index (χ2v) is 2.57. The number of nitrogens with one attached hydrogen (secondary N) is 1. The molecule has 0 aromatic carbocycles. The molecule has 1 N–H and O–H groups in total. The predicted molar refractivity (Wildman–Crippen MR) is 41.5 cm³/mol. The Labute approximate surface area is 65.4 Å². The van der Waals surface area contributed by atoms with Crippen molar-refractivity contribution in [3.05, 3.63) is 23.9 Å². The second kappa shape index (κ2) is 2.51. The van der Waals surface area contributed by atoms with Gasteiger partial charge in [0.25, 0.3) is 0 Å². The first kappa shape index (κ1) is 6.61. The number of methoxy groups -OCH3 is 1. The lowest BCUT2D eigenvalue weighted by Crippen LogP contribution is -1.92. The first-order chi connectivity index (χ1) is 5.40. The zero-order valence-corrected chi connectivity index (χ0v) is 6.37. The molecule has 0 bridgehead atoms. The number of ether oxygens (including phenoxy) is 1. The van der Waals surface area contributed by atoms with Gasteiger partial charge in [-0.15, -0.1) is 0 Å². The molecule has 3 nitrogen and oxygen atoms in total. The lowest BCUT2D eigenvalue weighted by Gasteiger charge is -1.99. The predicted octanol–water partition coefficient (Wildman–Crippen LogP) is 0.734. The maximum absolute atomic E-state index is 4.99. The van der Waals surface area contributed by atoms with Gasteiger partial charge in [-0.25, -0.2) is 4.98 Å². The van der Waals surface area contributed by atoms with E-state index in [4.69, 9.17) is 4.74 Å². The van der Waals surface area contributed by atoms with Crippen molar-refractivity contribution in [2.75, 3.05) is 13.7 Å². The van der Waals surface area contributed by atoms with Crippen molar-refractivity contribution in [3.8, 4) is 5.88 Å². The van der Waals surface area contributed by atoms with Crippen LogP contribution in [0.25, 0.3) is 0 Å². The van der Waals surface area contributed by atoms with Crippen LogP contribution >= 0.6 is 0 Å². The molecule has 1 aliphatic rings. The molecule has 0 spiro atoms. The fraction of sp³-hybridized carbons (Fsp3) is 0.375. The molecule has 2 heterocycles. The average Bonchev–Trinajstić information content (AvgIpc) is 2.87. The smallest absolute Gasteiger partial charge is 0.213 e. The van der Waals surface area contributed by atoms with Crippen LogP contribution in [-0.2, 0) is 0 Å². The van der Waals surface area contributed by atoms with E-state index in [9.17, 15) is 0 Å². The third kappa shape index (κ3) is 1.33. The van der Waals surface area contributed by atoms with E-state index in [1.807, 2.05) is 18.2 Å². The highest BCUT2D eigenvalue weighted by Gasteiger charge is 2.23. The number of aromatic nitrogens is 1. The van der Waals surface area contributed by atoms with Gasteiger partial charge in [0.05, 0.1) is 18.8 Å². The molecule has 11 heavy (non-hydrogen) atoms. The molecule has 1 aromatic rings. The standard InChI is InChI=1S/C8H10N2O/c1-11-8-4-2-3-6(10-8)7-5-9-7/h2-4,7,9H,5H2,1H3/t7-/m1/s1. The van der Waals surface area contributed by atoms with Crippen LogP contribution < -0.4 is 10.1 Å². The van der Waals surface area contributed by atoms with E-state index in [1.165, 1.54) is 0 Å². The van der Waals surface area contributed by atoms with Crippen molar-refractivity contribution in [1.82, 2.24) is 10.3 Å². The molecule has 0 amide bonds. The van der Waals surface area contributed by atoms with Crippen LogP contribution in [-0.4, -0.2) is 18.6 Å². The first-order valence-electron chi connectivity index (χ1n) is 3.64. The summed E-state index contributed by atoms with van der Waals surface area (Å²) in [6, 6.07) is 6.28. The van der Waals surface area contributed by atoms with Gasteiger partial charge in [-0.05, 0) is 6.07 Å². The summed E-state index contributed by atoms with van der Waals surface area (Å²) >= 11 is 0. The molecule has 58 valence electrons. The number of rotatable bonds is 2. The molecular weight excluding hydrogens is 140 g/mol. The Morgan fingerprint density at radius 1 is 1.64 bits per heavy atom. The minimum absolute atomic E-state index is 0.463. The molecule has 0 aliphatic carbocycles. The maximum Gasteiger partial charge on any atom is 0.213 e. The van der Waals surface area contributed by atoms with Gasteiger partial charge < -0.3 is 10.1 Å². The van der Waals surface area contributed by atoms with Crippen LogP contribution in [0.15, 0.2) is 18.2 Å². The summed E-state index contributed by atoms with van der Waals surface area (Å²) in [6.07, 6.45) is 0. The molecule has 1 aliphatic heterocycles. The van der Waals surface area contributed by atoms with Gasteiger partial charge in [-0.2, -0.15) is 0 Å². The van der Waals surface area contributed by atoms with Gasteiger partial charge >= 0.3 is 0 Å².